The van der Waals surface area contributed by atoms with Crippen molar-refractivity contribution in [2.24, 2.45) is 0 Å². The second-order valence-corrected chi connectivity index (χ2v) is 6.17. The Morgan fingerprint density at radius 1 is 1.32 bits per heavy atom. The SMILES string of the molecule is CNCC(=O)N(C)Cc1cc(C(C)(C)C)ccc1C. The second-order valence-electron chi connectivity index (χ2n) is 6.17. The first kappa shape index (κ1) is 15.7. The fourth-order valence-corrected chi connectivity index (χ4v) is 1.94. The van der Waals surface area contributed by atoms with Gasteiger partial charge in [0.05, 0.1) is 6.54 Å². The molecule has 0 radical (unpaired) electrons. The molecule has 0 saturated carbocycles. The topological polar surface area (TPSA) is 32.3 Å². The van der Waals surface area contributed by atoms with Crippen molar-refractivity contribution in [1.82, 2.24) is 10.2 Å². The molecule has 1 N–H and O–H groups in total. The lowest BCUT2D eigenvalue weighted by atomic mass is 9.85. The van der Waals surface area contributed by atoms with Crippen LogP contribution in [-0.2, 0) is 16.8 Å². The van der Waals surface area contributed by atoms with Crippen LogP contribution in [0.3, 0.4) is 0 Å². The quantitative estimate of drug-likeness (QED) is 0.904. The van der Waals surface area contributed by atoms with Crippen molar-refractivity contribution in [1.29, 1.82) is 0 Å². The van der Waals surface area contributed by atoms with Gasteiger partial charge in [0.2, 0.25) is 5.91 Å². The predicted molar refractivity (Wildman–Crippen MR) is 80.3 cm³/mol. The number of likely N-dealkylation sites (N-methyl/N-ethyl adjacent to an activating group) is 2. The monoisotopic (exact) mass is 262 g/mol. The number of benzene rings is 1. The zero-order valence-electron chi connectivity index (χ0n) is 13.0. The van der Waals surface area contributed by atoms with E-state index in [9.17, 15) is 4.79 Å². The first-order valence-corrected chi connectivity index (χ1v) is 6.74. The van der Waals surface area contributed by atoms with Crippen LogP contribution in [0, 0.1) is 6.92 Å². The number of nitrogens with one attached hydrogen (secondary N) is 1. The van der Waals surface area contributed by atoms with Crippen LogP contribution in [0.1, 0.15) is 37.5 Å². The number of hydrogen-bond donors (Lipinski definition) is 1. The van der Waals surface area contributed by atoms with Gasteiger partial charge >= 0.3 is 0 Å². The lowest BCUT2D eigenvalue weighted by Crippen LogP contribution is -2.33. The number of carbonyl (C=O) groups is 1. The number of nitrogens with zero attached hydrogens (tertiary/aromatic N) is 1. The standard InChI is InChI=1S/C16H26N2O/c1-12-7-8-14(16(2,3)4)9-13(12)11-18(6)15(19)10-17-5/h7-9,17H,10-11H2,1-6H3. The highest BCUT2D eigenvalue weighted by molar-refractivity contribution is 5.77. The maximum Gasteiger partial charge on any atom is 0.236 e. The molecule has 1 amide bonds. The zero-order valence-corrected chi connectivity index (χ0v) is 13.0. The molecular formula is C16H26N2O. The van der Waals surface area contributed by atoms with E-state index in [0.717, 1.165) is 0 Å². The van der Waals surface area contributed by atoms with E-state index >= 15 is 0 Å². The molecule has 106 valence electrons. The Bertz CT molecular complexity index is 447. The van der Waals surface area contributed by atoms with Crippen molar-refractivity contribution in [3.8, 4) is 0 Å². The molecule has 0 aliphatic carbocycles. The Kier molecular flexibility index (Phi) is 5.12. The number of rotatable bonds is 4. The molecule has 1 aromatic carbocycles. The summed E-state index contributed by atoms with van der Waals surface area (Å²) in [6, 6.07) is 6.54. The van der Waals surface area contributed by atoms with Gasteiger partial charge in [-0.3, -0.25) is 4.79 Å². The normalized spacial score (nSPS) is 11.5. The minimum Gasteiger partial charge on any atom is -0.340 e. The molecular weight excluding hydrogens is 236 g/mol. The van der Waals surface area contributed by atoms with E-state index in [0.29, 0.717) is 13.1 Å². The number of carbonyl (C=O) groups excluding carboxylic acids is 1. The third-order valence-electron chi connectivity index (χ3n) is 3.38. The van der Waals surface area contributed by atoms with Crippen LogP contribution in [0.15, 0.2) is 18.2 Å². The number of amides is 1. The second kappa shape index (κ2) is 6.20. The molecule has 0 unspecified atom stereocenters. The van der Waals surface area contributed by atoms with Gasteiger partial charge in [-0.15, -0.1) is 0 Å². The van der Waals surface area contributed by atoms with E-state index in [4.69, 9.17) is 0 Å². The molecule has 0 bridgehead atoms. The van der Waals surface area contributed by atoms with Crippen molar-refractivity contribution in [3.05, 3.63) is 34.9 Å². The molecule has 0 atom stereocenters. The summed E-state index contributed by atoms with van der Waals surface area (Å²) < 4.78 is 0. The lowest BCUT2D eigenvalue weighted by molar-refractivity contribution is -0.129. The van der Waals surface area contributed by atoms with Gasteiger partial charge in [0, 0.05) is 13.6 Å². The molecule has 0 aliphatic rings. The molecule has 3 nitrogen and oxygen atoms in total. The van der Waals surface area contributed by atoms with Gasteiger partial charge in [0.1, 0.15) is 0 Å². The third-order valence-corrected chi connectivity index (χ3v) is 3.38. The minimum atomic E-state index is 0.114. The maximum atomic E-state index is 11.8. The van der Waals surface area contributed by atoms with Crippen molar-refractivity contribution in [2.45, 2.75) is 39.7 Å². The summed E-state index contributed by atoms with van der Waals surface area (Å²) in [6.07, 6.45) is 0. The van der Waals surface area contributed by atoms with E-state index in [-0.39, 0.29) is 11.3 Å². The van der Waals surface area contributed by atoms with Crippen molar-refractivity contribution >= 4 is 5.91 Å². The van der Waals surface area contributed by atoms with Crippen molar-refractivity contribution in [2.75, 3.05) is 20.6 Å². The average Bonchev–Trinajstić information content (AvgIpc) is 2.30. The third kappa shape index (κ3) is 4.35. The molecule has 1 aromatic rings. The number of hydrogen-bond acceptors (Lipinski definition) is 2. The molecule has 19 heavy (non-hydrogen) atoms. The summed E-state index contributed by atoms with van der Waals surface area (Å²) in [5.41, 5.74) is 3.90. The summed E-state index contributed by atoms with van der Waals surface area (Å²) in [5.74, 6) is 0.114. The van der Waals surface area contributed by atoms with Crippen molar-refractivity contribution in [3.63, 3.8) is 0 Å². The maximum absolute atomic E-state index is 11.8. The summed E-state index contributed by atoms with van der Waals surface area (Å²) in [6.45, 7) is 9.76. The molecule has 0 aliphatic heterocycles. The molecule has 0 spiro atoms. The fraction of sp³-hybridized carbons (Fsp3) is 0.562. The minimum absolute atomic E-state index is 0.114. The van der Waals surface area contributed by atoms with E-state index in [1.165, 1.54) is 16.7 Å². The highest BCUT2D eigenvalue weighted by Crippen LogP contribution is 2.25. The van der Waals surface area contributed by atoms with E-state index in [2.05, 4.69) is 51.2 Å². The van der Waals surface area contributed by atoms with E-state index < -0.39 is 0 Å². The summed E-state index contributed by atoms with van der Waals surface area (Å²) in [4.78, 5) is 13.6. The molecule has 0 heterocycles. The number of aryl methyl sites for hydroxylation is 1. The van der Waals surface area contributed by atoms with E-state index in [1.807, 2.05) is 7.05 Å². The van der Waals surface area contributed by atoms with Gasteiger partial charge in [-0.25, -0.2) is 0 Å². The lowest BCUT2D eigenvalue weighted by Gasteiger charge is -2.23. The van der Waals surface area contributed by atoms with Gasteiger partial charge < -0.3 is 10.2 Å². The first-order valence-electron chi connectivity index (χ1n) is 6.74. The molecule has 3 heteroatoms. The fourth-order valence-electron chi connectivity index (χ4n) is 1.94. The van der Waals surface area contributed by atoms with Crippen LogP contribution in [0.2, 0.25) is 0 Å². The molecule has 1 rings (SSSR count). The highest BCUT2D eigenvalue weighted by Gasteiger charge is 2.16. The van der Waals surface area contributed by atoms with Crippen LogP contribution in [0.25, 0.3) is 0 Å². The van der Waals surface area contributed by atoms with E-state index in [1.54, 1.807) is 11.9 Å². The first-order chi connectivity index (χ1) is 8.75. The summed E-state index contributed by atoms with van der Waals surface area (Å²) >= 11 is 0. The largest absolute Gasteiger partial charge is 0.340 e. The van der Waals surface area contributed by atoms with Gasteiger partial charge in [-0.05, 0) is 36.1 Å². The van der Waals surface area contributed by atoms with Crippen LogP contribution in [0.5, 0.6) is 0 Å². The van der Waals surface area contributed by atoms with Crippen LogP contribution in [-0.4, -0.2) is 31.4 Å². The predicted octanol–water partition coefficient (Wildman–Crippen LogP) is 2.47. The van der Waals surface area contributed by atoms with Gasteiger partial charge in [0.25, 0.3) is 0 Å². The van der Waals surface area contributed by atoms with Crippen molar-refractivity contribution < 1.29 is 4.79 Å². The average molecular weight is 262 g/mol. The van der Waals surface area contributed by atoms with Gasteiger partial charge in [-0.1, -0.05) is 39.0 Å². The Balaban J connectivity index is 2.91. The Labute approximate surface area is 117 Å². The van der Waals surface area contributed by atoms with Gasteiger partial charge in [0.15, 0.2) is 0 Å². The van der Waals surface area contributed by atoms with Crippen LogP contribution < -0.4 is 5.32 Å². The van der Waals surface area contributed by atoms with Crippen LogP contribution in [0.4, 0.5) is 0 Å². The molecule has 0 fully saturated rings. The molecule has 0 aromatic heterocycles. The van der Waals surface area contributed by atoms with Crippen LogP contribution >= 0.6 is 0 Å². The molecule has 0 saturated heterocycles. The van der Waals surface area contributed by atoms with Gasteiger partial charge in [-0.2, -0.15) is 0 Å². The smallest absolute Gasteiger partial charge is 0.236 e. The summed E-state index contributed by atoms with van der Waals surface area (Å²) in [5, 5.41) is 2.89. The highest BCUT2D eigenvalue weighted by atomic mass is 16.2. The Morgan fingerprint density at radius 3 is 2.47 bits per heavy atom. The Morgan fingerprint density at radius 2 is 1.95 bits per heavy atom. The summed E-state index contributed by atoms with van der Waals surface area (Å²) in [7, 11) is 3.64. The Hall–Kier alpha value is -1.35. The zero-order chi connectivity index (χ0) is 14.6.